The second-order valence-electron chi connectivity index (χ2n) is 5.93. The van der Waals surface area contributed by atoms with Gasteiger partial charge in [-0.15, -0.1) is 0 Å². The maximum atomic E-state index is 12.4. The summed E-state index contributed by atoms with van der Waals surface area (Å²) < 4.78 is 11.3. The third-order valence-electron chi connectivity index (χ3n) is 3.61. The third-order valence-corrected chi connectivity index (χ3v) is 3.90. The van der Waals surface area contributed by atoms with Gasteiger partial charge in [-0.05, 0) is 50.2 Å². The van der Waals surface area contributed by atoms with E-state index in [9.17, 15) is 4.79 Å². The second-order valence-corrected chi connectivity index (χ2v) is 6.34. The Labute approximate surface area is 146 Å². The van der Waals surface area contributed by atoms with E-state index in [2.05, 4.69) is 4.98 Å². The number of ether oxygens (including phenoxy) is 2. The van der Waals surface area contributed by atoms with Crippen LogP contribution in [-0.2, 0) is 0 Å². The fourth-order valence-electron chi connectivity index (χ4n) is 2.43. The van der Waals surface area contributed by atoms with E-state index < -0.39 is 0 Å². The average Bonchev–Trinajstić information content (AvgIpc) is 2.51. The minimum atomic E-state index is -0.0788. The Kier molecular flexibility index (Phi) is 4.90. The Hall–Kier alpha value is -2.27. The predicted molar refractivity (Wildman–Crippen MR) is 91.8 cm³/mol. The van der Waals surface area contributed by atoms with E-state index in [0.29, 0.717) is 29.6 Å². The summed E-state index contributed by atoms with van der Waals surface area (Å²) in [5.41, 5.74) is 0.639. The van der Waals surface area contributed by atoms with Crippen LogP contribution in [0.2, 0.25) is 5.02 Å². The minimum absolute atomic E-state index is 0.0157. The number of rotatable bonds is 5. The number of hydrogen-bond donors (Lipinski definition) is 0. The van der Waals surface area contributed by atoms with Crippen LogP contribution in [0.25, 0.3) is 0 Å². The highest BCUT2D eigenvalue weighted by Gasteiger charge is 2.33. The van der Waals surface area contributed by atoms with Crippen molar-refractivity contribution in [2.75, 3.05) is 13.1 Å². The molecule has 2 aromatic rings. The molecule has 2 heterocycles. The first-order valence-electron chi connectivity index (χ1n) is 7.86. The fourth-order valence-corrected chi connectivity index (χ4v) is 2.59. The lowest BCUT2D eigenvalue weighted by atomic mass is 10.1. The van der Waals surface area contributed by atoms with E-state index in [1.807, 2.05) is 26.0 Å². The van der Waals surface area contributed by atoms with Crippen molar-refractivity contribution in [1.82, 2.24) is 9.88 Å². The van der Waals surface area contributed by atoms with Crippen LogP contribution in [0.3, 0.4) is 0 Å². The van der Waals surface area contributed by atoms with Gasteiger partial charge >= 0.3 is 0 Å². The number of aromatic nitrogens is 1. The maximum Gasteiger partial charge on any atom is 0.254 e. The Morgan fingerprint density at radius 2 is 1.96 bits per heavy atom. The van der Waals surface area contributed by atoms with Crippen molar-refractivity contribution >= 4 is 17.5 Å². The maximum absolute atomic E-state index is 12.4. The van der Waals surface area contributed by atoms with Crippen molar-refractivity contribution in [3.05, 3.63) is 53.2 Å². The summed E-state index contributed by atoms with van der Waals surface area (Å²) in [6.07, 6.45) is 1.66. The highest BCUT2D eigenvalue weighted by atomic mass is 35.5. The van der Waals surface area contributed by atoms with Gasteiger partial charge in [-0.2, -0.15) is 0 Å². The lowest BCUT2D eigenvalue weighted by Gasteiger charge is -2.38. The molecule has 0 unspecified atom stereocenters. The first kappa shape index (κ1) is 16.6. The summed E-state index contributed by atoms with van der Waals surface area (Å²) in [6.45, 7) is 4.98. The molecule has 0 atom stereocenters. The summed E-state index contributed by atoms with van der Waals surface area (Å²) >= 11 is 6.02. The number of benzene rings is 1. The highest BCUT2D eigenvalue weighted by molar-refractivity contribution is 6.31. The standard InChI is InChI=1S/C18H19ClN2O3/c1-12(2)23-14-7-5-13(6-8-14)18(22)21-10-15(11-21)24-17-16(19)4-3-9-20-17/h3-9,12,15H,10-11H2,1-2H3. The zero-order valence-electron chi connectivity index (χ0n) is 13.6. The molecule has 0 spiro atoms. The molecular formula is C18H19ClN2O3. The summed E-state index contributed by atoms with van der Waals surface area (Å²) in [6, 6.07) is 10.7. The topological polar surface area (TPSA) is 51.7 Å². The number of carbonyl (C=O) groups excluding carboxylic acids is 1. The number of amides is 1. The number of nitrogens with zero attached hydrogens (tertiary/aromatic N) is 2. The Bertz CT molecular complexity index is 712. The molecule has 24 heavy (non-hydrogen) atoms. The van der Waals surface area contributed by atoms with Gasteiger partial charge in [0, 0.05) is 11.8 Å². The van der Waals surface area contributed by atoms with Crippen molar-refractivity contribution in [1.29, 1.82) is 0 Å². The minimum Gasteiger partial charge on any atom is -0.491 e. The molecule has 1 saturated heterocycles. The molecule has 1 aromatic carbocycles. The van der Waals surface area contributed by atoms with Crippen molar-refractivity contribution in [3.63, 3.8) is 0 Å². The quantitative estimate of drug-likeness (QED) is 0.832. The molecule has 0 N–H and O–H groups in total. The number of halogens is 1. The van der Waals surface area contributed by atoms with Crippen LogP contribution in [0.4, 0.5) is 0 Å². The van der Waals surface area contributed by atoms with Gasteiger partial charge in [0.05, 0.1) is 19.2 Å². The van der Waals surface area contributed by atoms with Crippen molar-refractivity contribution in [2.45, 2.75) is 26.1 Å². The summed E-state index contributed by atoms with van der Waals surface area (Å²) in [4.78, 5) is 18.2. The molecule has 1 aliphatic rings. The molecule has 1 aliphatic heterocycles. The average molecular weight is 347 g/mol. The molecule has 0 radical (unpaired) electrons. The third kappa shape index (κ3) is 3.79. The van der Waals surface area contributed by atoms with Crippen LogP contribution in [0, 0.1) is 0 Å². The summed E-state index contributed by atoms with van der Waals surface area (Å²) in [5.74, 6) is 1.15. The van der Waals surface area contributed by atoms with Gasteiger partial charge in [-0.1, -0.05) is 11.6 Å². The molecule has 5 nitrogen and oxygen atoms in total. The lowest BCUT2D eigenvalue weighted by Crippen LogP contribution is -2.56. The molecule has 0 saturated carbocycles. The van der Waals surface area contributed by atoms with E-state index in [4.69, 9.17) is 21.1 Å². The van der Waals surface area contributed by atoms with Gasteiger partial charge in [0.1, 0.15) is 16.9 Å². The van der Waals surface area contributed by atoms with Crippen molar-refractivity contribution in [2.24, 2.45) is 0 Å². The molecule has 1 aromatic heterocycles. The summed E-state index contributed by atoms with van der Waals surface area (Å²) in [5, 5.41) is 0.475. The van der Waals surface area contributed by atoms with E-state index in [1.165, 1.54) is 0 Å². The Morgan fingerprint density at radius 1 is 1.25 bits per heavy atom. The molecule has 126 valence electrons. The van der Waals surface area contributed by atoms with Crippen LogP contribution in [-0.4, -0.2) is 41.1 Å². The molecule has 1 fully saturated rings. The van der Waals surface area contributed by atoms with Gasteiger partial charge in [-0.25, -0.2) is 4.98 Å². The predicted octanol–water partition coefficient (Wildman–Crippen LogP) is 3.43. The highest BCUT2D eigenvalue weighted by Crippen LogP contribution is 2.25. The zero-order valence-corrected chi connectivity index (χ0v) is 14.4. The van der Waals surface area contributed by atoms with Gasteiger partial charge < -0.3 is 14.4 Å². The Balaban J connectivity index is 1.54. The molecule has 1 amide bonds. The smallest absolute Gasteiger partial charge is 0.254 e. The molecule has 6 heteroatoms. The van der Waals surface area contributed by atoms with E-state index in [1.54, 1.807) is 35.4 Å². The Morgan fingerprint density at radius 3 is 2.58 bits per heavy atom. The van der Waals surface area contributed by atoms with Gasteiger partial charge in [-0.3, -0.25) is 4.79 Å². The molecular weight excluding hydrogens is 328 g/mol. The summed E-state index contributed by atoms with van der Waals surface area (Å²) in [7, 11) is 0. The van der Waals surface area contributed by atoms with E-state index >= 15 is 0 Å². The molecule has 0 aliphatic carbocycles. The SMILES string of the molecule is CC(C)Oc1ccc(C(=O)N2CC(Oc3ncccc3Cl)C2)cc1. The van der Waals surface area contributed by atoms with Gasteiger partial charge in [0.15, 0.2) is 0 Å². The number of carbonyl (C=O) groups is 1. The number of hydrogen-bond acceptors (Lipinski definition) is 4. The van der Waals surface area contributed by atoms with Gasteiger partial charge in [0.2, 0.25) is 5.88 Å². The van der Waals surface area contributed by atoms with Crippen LogP contribution < -0.4 is 9.47 Å². The second kappa shape index (κ2) is 7.09. The normalized spacial score (nSPS) is 14.4. The first-order valence-corrected chi connectivity index (χ1v) is 8.24. The van der Waals surface area contributed by atoms with E-state index in [0.717, 1.165) is 5.75 Å². The van der Waals surface area contributed by atoms with E-state index in [-0.39, 0.29) is 18.1 Å². The van der Waals surface area contributed by atoms with Gasteiger partial charge in [0.25, 0.3) is 5.91 Å². The van der Waals surface area contributed by atoms with Crippen LogP contribution in [0.15, 0.2) is 42.6 Å². The van der Waals surface area contributed by atoms with Crippen LogP contribution in [0.1, 0.15) is 24.2 Å². The largest absolute Gasteiger partial charge is 0.491 e. The molecule has 0 bridgehead atoms. The number of likely N-dealkylation sites (tertiary alicyclic amines) is 1. The van der Waals surface area contributed by atoms with Crippen LogP contribution in [0.5, 0.6) is 11.6 Å². The van der Waals surface area contributed by atoms with Crippen molar-refractivity contribution < 1.29 is 14.3 Å². The zero-order chi connectivity index (χ0) is 17.1. The monoisotopic (exact) mass is 346 g/mol. The van der Waals surface area contributed by atoms with Crippen LogP contribution >= 0.6 is 11.6 Å². The molecule has 3 rings (SSSR count). The number of pyridine rings is 1. The fraction of sp³-hybridized carbons (Fsp3) is 0.333. The lowest BCUT2D eigenvalue weighted by molar-refractivity contribution is 0.0160. The first-order chi connectivity index (χ1) is 11.5. The van der Waals surface area contributed by atoms with Crippen molar-refractivity contribution in [3.8, 4) is 11.6 Å².